The molecule has 128 valence electrons. The highest BCUT2D eigenvalue weighted by molar-refractivity contribution is 5.64. The molecule has 0 aliphatic carbocycles. The third kappa shape index (κ3) is 4.65. The zero-order valence-electron chi connectivity index (χ0n) is 13.4. The standard InChI is InChI=1S/C17H25FN2O3/c1-12-8-14(10-15(18)9-12)17(23,5-3-7-20-16(21)22)13-4-2-6-19-11-13/h8-10,13,19-20,23H,2-7,11H2,1H3,(H,21,22)/t13-,17+/m1/s1. The Hall–Kier alpha value is -1.66. The summed E-state index contributed by atoms with van der Waals surface area (Å²) in [5.74, 6) is -0.367. The summed E-state index contributed by atoms with van der Waals surface area (Å²) in [5.41, 5.74) is 0.199. The van der Waals surface area contributed by atoms with E-state index in [9.17, 15) is 14.3 Å². The Kier molecular flexibility index (Phi) is 5.96. The van der Waals surface area contributed by atoms with Crippen LogP contribution in [-0.2, 0) is 5.60 Å². The van der Waals surface area contributed by atoms with Crippen LogP contribution in [0.1, 0.15) is 36.8 Å². The number of hydrogen-bond donors (Lipinski definition) is 4. The Bertz CT molecular complexity index is 526. The Morgan fingerprint density at radius 1 is 1.48 bits per heavy atom. The molecule has 1 heterocycles. The lowest BCUT2D eigenvalue weighted by Gasteiger charge is -2.39. The number of benzene rings is 1. The predicted octanol–water partition coefficient (Wildman–Crippen LogP) is 2.37. The van der Waals surface area contributed by atoms with Gasteiger partial charge in [0.15, 0.2) is 0 Å². The van der Waals surface area contributed by atoms with Gasteiger partial charge < -0.3 is 20.8 Å². The van der Waals surface area contributed by atoms with Crippen molar-refractivity contribution in [2.45, 2.75) is 38.2 Å². The number of carbonyl (C=O) groups is 1. The third-order valence-electron chi connectivity index (χ3n) is 4.53. The Labute approximate surface area is 135 Å². The van der Waals surface area contributed by atoms with Gasteiger partial charge >= 0.3 is 6.09 Å². The summed E-state index contributed by atoms with van der Waals surface area (Å²) in [4.78, 5) is 10.6. The number of nitrogens with one attached hydrogen (secondary N) is 2. The van der Waals surface area contributed by atoms with E-state index in [4.69, 9.17) is 5.11 Å². The van der Waals surface area contributed by atoms with Gasteiger partial charge in [0.1, 0.15) is 5.82 Å². The van der Waals surface area contributed by atoms with Crippen molar-refractivity contribution in [3.8, 4) is 0 Å². The van der Waals surface area contributed by atoms with Crippen molar-refractivity contribution in [1.82, 2.24) is 10.6 Å². The zero-order chi connectivity index (χ0) is 16.9. The van der Waals surface area contributed by atoms with E-state index < -0.39 is 11.7 Å². The Morgan fingerprint density at radius 2 is 2.26 bits per heavy atom. The zero-order valence-corrected chi connectivity index (χ0v) is 13.4. The molecule has 1 saturated heterocycles. The number of amides is 1. The molecule has 0 radical (unpaired) electrons. The highest BCUT2D eigenvalue weighted by atomic mass is 19.1. The second-order valence-corrected chi connectivity index (χ2v) is 6.32. The van der Waals surface area contributed by atoms with Gasteiger partial charge in [0.25, 0.3) is 0 Å². The maximum Gasteiger partial charge on any atom is 0.404 e. The highest BCUT2D eigenvalue weighted by Gasteiger charge is 2.38. The van der Waals surface area contributed by atoms with Crippen LogP contribution in [0.5, 0.6) is 0 Å². The van der Waals surface area contributed by atoms with E-state index in [1.54, 1.807) is 6.92 Å². The van der Waals surface area contributed by atoms with Crippen LogP contribution in [0.4, 0.5) is 9.18 Å². The summed E-state index contributed by atoms with van der Waals surface area (Å²) >= 11 is 0. The van der Waals surface area contributed by atoms with Gasteiger partial charge in [-0.05, 0) is 62.4 Å². The van der Waals surface area contributed by atoms with Crippen LogP contribution in [0, 0.1) is 18.7 Å². The van der Waals surface area contributed by atoms with Gasteiger partial charge in [0, 0.05) is 19.0 Å². The molecular weight excluding hydrogens is 299 g/mol. The minimum Gasteiger partial charge on any atom is -0.465 e. The largest absolute Gasteiger partial charge is 0.465 e. The van der Waals surface area contributed by atoms with Gasteiger partial charge in [-0.2, -0.15) is 0 Å². The summed E-state index contributed by atoms with van der Waals surface area (Å²) in [6.07, 6.45) is 1.65. The number of hydrogen-bond acceptors (Lipinski definition) is 3. The van der Waals surface area contributed by atoms with Crippen molar-refractivity contribution < 1.29 is 19.4 Å². The lowest BCUT2D eigenvalue weighted by molar-refractivity contribution is -0.0423. The molecule has 1 aromatic carbocycles. The summed E-state index contributed by atoms with van der Waals surface area (Å²) < 4.78 is 13.8. The van der Waals surface area contributed by atoms with Gasteiger partial charge in [0.2, 0.25) is 0 Å². The van der Waals surface area contributed by atoms with Gasteiger partial charge in [0.05, 0.1) is 5.60 Å². The summed E-state index contributed by atoms with van der Waals surface area (Å²) in [5, 5.41) is 25.6. The van der Waals surface area contributed by atoms with Crippen LogP contribution in [-0.4, -0.2) is 35.9 Å². The number of rotatable bonds is 6. The average Bonchev–Trinajstić information content (AvgIpc) is 2.51. The average molecular weight is 324 g/mol. The van der Waals surface area contributed by atoms with E-state index >= 15 is 0 Å². The highest BCUT2D eigenvalue weighted by Crippen LogP contribution is 2.38. The monoisotopic (exact) mass is 324 g/mol. The first-order valence-electron chi connectivity index (χ1n) is 8.09. The van der Waals surface area contributed by atoms with E-state index in [1.165, 1.54) is 12.1 Å². The van der Waals surface area contributed by atoms with Crippen molar-refractivity contribution in [3.63, 3.8) is 0 Å². The van der Waals surface area contributed by atoms with Crippen LogP contribution >= 0.6 is 0 Å². The van der Waals surface area contributed by atoms with E-state index in [0.717, 1.165) is 24.9 Å². The van der Waals surface area contributed by atoms with Gasteiger partial charge in [-0.3, -0.25) is 0 Å². The van der Waals surface area contributed by atoms with Crippen LogP contribution in [0.15, 0.2) is 18.2 Å². The topological polar surface area (TPSA) is 81.6 Å². The van der Waals surface area contributed by atoms with Crippen LogP contribution < -0.4 is 10.6 Å². The molecule has 2 atom stereocenters. The molecule has 0 spiro atoms. The molecule has 1 aliphatic heterocycles. The number of aryl methyl sites for hydroxylation is 1. The van der Waals surface area contributed by atoms with Crippen molar-refractivity contribution >= 4 is 6.09 Å². The fraction of sp³-hybridized carbons (Fsp3) is 0.588. The van der Waals surface area contributed by atoms with Crippen molar-refractivity contribution in [2.75, 3.05) is 19.6 Å². The number of halogens is 1. The van der Waals surface area contributed by atoms with Crippen LogP contribution in [0.3, 0.4) is 0 Å². The summed E-state index contributed by atoms with van der Waals surface area (Å²) in [6, 6.07) is 4.66. The second kappa shape index (κ2) is 7.75. The van der Waals surface area contributed by atoms with Crippen molar-refractivity contribution in [2.24, 2.45) is 5.92 Å². The number of carboxylic acid groups (broad SMARTS) is 1. The van der Waals surface area contributed by atoms with Crippen LogP contribution in [0.2, 0.25) is 0 Å². The molecule has 0 saturated carbocycles. The second-order valence-electron chi connectivity index (χ2n) is 6.32. The summed E-state index contributed by atoms with van der Waals surface area (Å²) in [6.45, 7) is 3.68. The quantitative estimate of drug-likeness (QED) is 0.606. The van der Waals surface area contributed by atoms with Crippen molar-refractivity contribution in [3.05, 3.63) is 35.1 Å². The van der Waals surface area contributed by atoms with E-state index in [2.05, 4.69) is 10.6 Å². The molecule has 0 aromatic heterocycles. The fourth-order valence-electron chi connectivity index (χ4n) is 3.38. The van der Waals surface area contributed by atoms with Crippen LogP contribution in [0.25, 0.3) is 0 Å². The molecule has 2 rings (SSSR count). The van der Waals surface area contributed by atoms with E-state index in [1.807, 2.05) is 6.07 Å². The van der Waals surface area contributed by atoms with E-state index in [0.29, 0.717) is 24.9 Å². The molecule has 0 unspecified atom stereocenters. The molecule has 1 aliphatic rings. The molecule has 4 N–H and O–H groups in total. The molecule has 1 fully saturated rings. The lowest BCUT2D eigenvalue weighted by Crippen LogP contribution is -2.44. The lowest BCUT2D eigenvalue weighted by atomic mass is 9.74. The predicted molar refractivity (Wildman–Crippen MR) is 85.9 cm³/mol. The first-order valence-corrected chi connectivity index (χ1v) is 8.09. The minimum atomic E-state index is -1.15. The molecule has 6 heteroatoms. The molecule has 1 aromatic rings. The minimum absolute atomic E-state index is 0.0118. The Balaban J connectivity index is 2.20. The smallest absolute Gasteiger partial charge is 0.404 e. The molecule has 23 heavy (non-hydrogen) atoms. The fourth-order valence-corrected chi connectivity index (χ4v) is 3.38. The summed E-state index contributed by atoms with van der Waals surface area (Å²) in [7, 11) is 0. The SMILES string of the molecule is Cc1cc(F)cc([C@](O)(CCCNC(=O)O)[C@@H]2CCCNC2)c1. The molecular formula is C17H25FN2O3. The molecule has 0 bridgehead atoms. The maximum atomic E-state index is 13.8. The maximum absolute atomic E-state index is 13.8. The first-order chi connectivity index (χ1) is 10.9. The number of piperidine rings is 1. The van der Waals surface area contributed by atoms with Crippen molar-refractivity contribution in [1.29, 1.82) is 0 Å². The van der Waals surface area contributed by atoms with Gasteiger partial charge in [-0.1, -0.05) is 6.07 Å². The van der Waals surface area contributed by atoms with Gasteiger partial charge in [-0.15, -0.1) is 0 Å². The molecule has 5 nitrogen and oxygen atoms in total. The third-order valence-corrected chi connectivity index (χ3v) is 4.53. The Morgan fingerprint density at radius 3 is 2.87 bits per heavy atom. The normalized spacial score (nSPS) is 20.7. The van der Waals surface area contributed by atoms with E-state index in [-0.39, 0.29) is 18.3 Å². The molecule has 1 amide bonds. The number of aliphatic hydroxyl groups is 1. The van der Waals surface area contributed by atoms with Gasteiger partial charge in [-0.25, -0.2) is 9.18 Å². The first kappa shape index (κ1) is 17.7.